The SMILES string of the molecule is C=C(CCC(CC)OCC)C(=O)O. The second kappa shape index (κ2) is 6.66. The van der Waals surface area contributed by atoms with E-state index in [0.717, 1.165) is 12.8 Å². The van der Waals surface area contributed by atoms with Crippen LogP contribution in [0.1, 0.15) is 33.1 Å². The Morgan fingerprint density at radius 2 is 2.15 bits per heavy atom. The first-order chi connectivity index (χ1) is 6.11. The molecule has 0 spiro atoms. The number of carbonyl (C=O) groups is 1. The van der Waals surface area contributed by atoms with Gasteiger partial charge in [0.05, 0.1) is 6.10 Å². The Hall–Kier alpha value is -0.830. The number of hydrogen-bond donors (Lipinski definition) is 1. The third-order valence-corrected chi connectivity index (χ3v) is 1.93. The number of carboxylic acids is 1. The van der Waals surface area contributed by atoms with E-state index >= 15 is 0 Å². The van der Waals surface area contributed by atoms with E-state index in [-0.39, 0.29) is 11.7 Å². The molecule has 1 unspecified atom stereocenters. The topological polar surface area (TPSA) is 46.5 Å². The largest absolute Gasteiger partial charge is 0.478 e. The van der Waals surface area contributed by atoms with Crippen LogP contribution in [0.2, 0.25) is 0 Å². The van der Waals surface area contributed by atoms with E-state index in [0.29, 0.717) is 13.0 Å². The lowest BCUT2D eigenvalue weighted by Gasteiger charge is -2.14. The highest BCUT2D eigenvalue weighted by atomic mass is 16.5. The van der Waals surface area contributed by atoms with Crippen LogP contribution in [0.15, 0.2) is 12.2 Å². The lowest BCUT2D eigenvalue weighted by atomic mass is 10.1. The number of hydrogen-bond acceptors (Lipinski definition) is 2. The normalized spacial score (nSPS) is 12.5. The highest BCUT2D eigenvalue weighted by molar-refractivity contribution is 5.85. The molecule has 3 heteroatoms. The number of rotatable bonds is 7. The van der Waals surface area contributed by atoms with Crippen molar-refractivity contribution in [2.24, 2.45) is 0 Å². The molecule has 0 saturated carbocycles. The fraction of sp³-hybridized carbons (Fsp3) is 0.700. The molecule has 0 heterocycles. The summed E-state index contributed by atoms with van der Waals surface area (Å²) < 4.78 is 5.39. The minimum absolute atomic E-state index is 0.168. The van der Waals surface area contributed by atoms with Gasteiger partial charge in [-0.05, 0) is 26.2 Å². The quantitative estimate of drug-likeness (QED) is 0.620. The van der Waals surface area contributed by atoms with Crippen molar-refractivity contribution < 1.29 is 14.6 Å². The van der Waals surface area contributed by atoms with Gasteiger partial charge < -0.3 is 9.84 Å². The van der Waals surface area contributed by atoms with Crippen LogP contribution >= 0.6 is 0 Å². The molecule has 0 rings (SSSR count). The van der Waals surface area contributed by atoms with Crippen molar-refractivity contribution in [3.05, 3.63) is 12.2 Å². The monoisotopic (exact) mass is 186 g/mol. The summed E-state index contributed by atoms with van der Waals surface area (Å²) in [5.41, 5.74) is 0.262. The van der Waals surface area contributed by atoms with Gasteiger partial charge in [0.15, 0.2) is 0 Å². The molecule has 0 aromatic carbocycles. The molecule has 1 atom stereocenters. The van der Waals surface area contributed by atoms with Crippen LogP contribution in [0, 0.1) is 0 Å². The van der Waals surface area contributed by atoms with Crippen LogP contribution < -0.4 is 0 Å². The molecule has 0 amide bonds. The van der Waals surface area contributed by atoms with Gasteiger partial charge in [0.2, 0.25) is 0 Å². The van der Waals surface area contributed by atoms with Gasteiger partial charge in [0.25, 0.3) is 0 Å². The molecule has 76 valence electrons. The van der Waals surface area contributed by atoms with E-state index in [2.05, 4.69) is 6.58 Å². The van der Waals surface area contributed by atoms with E-state index in [4.69, 9.17) is 9.84 Å². The van der Waals surface area contributed by atoms with Crippen LogP contribution in [0.4, 0.5) is 0 Å². The highest BCUT2D eigenvalue weighted by Gasteiger charge is 2.09. The van der Waals surface area contributed by atoms with Gasteiger partial charge in [-0.25, -0.2) is 4.79 Å². The molecule has 0 fully saturated rings. The zero-order chi connectivity index (χ0) is 10.3. The third-order valence-electron chi connectivity index (χ3n) is 1.93. The van der Waals surface area contributed by atoms with Gasteiger partial charge in [0, 0.05) is 12.2 Å². The van der Waals surface area contributed by atoms with Gasteiger partial charge in [-0.15, -0.1) is 0 Å². The highest BCUT2D eigenvalue weighted by Crippen LogP contribution is 2.11. The standard InChI is InChI=1S/C10H18O3/c1-4-9(13-5-2)7-6-8(3)10(11)12/h9H,3-7H2,1-2H3,(H,11,12). The van der Waals surface area contributed by atoms with Crippen molar-refractivity contribution in [3.8, 4) is 0 Å². The predicted octanol–water partition coefficient (Wildman–Crippen LogP) is 2.22. The number of ether oxygens (including phenoxy) is 1. The van der Waals surface area contributed by atoms with Gasteiger partial charge in [-0.1, -0.05) is 13.5 Å². The van der Waals surface area contributed by atoms with Gasteiger partial charge >= 0.3 is 5.97 Å². The van der Waals surface area contributed by atoms with Gasteiger partial charge in [0.1, 0.15) is 0 Å². The van der Waals surface area contributed by atoms with Crippen LogP contribution in [0.5, 0.6) is 0 Å². The van der Waals surface area contributed by atoms with Crippen molar-refractivity contribution >= 4 is 5.97 Å². The number of aliphatic carboxylic acids is 1. The first-order valence-electron chi connectivity index (χ1n) is 4.64. The Labute approximate surface area is 79.4 Å². The molecule has 0 radical (unpaired) electrons. The average molecular weight is 186 g/mol. The summed E-state index contributed by atoms with van der Waals surface area (Å²) in [5, 5.41) is 8.56. The van der Waals surface area contributed by atoms with Crippen molar-refractivity contribution in [2.75, 3.05) is 6.61 Å². The maximum Gasteiger partial charge on any atom is 0.330 e. The molecule has 0 bridgehead atoms. The van der Waals surface area contributed by atoms with Crippen molar-refractivity contribution in [1.82, 2.24) is 0 Å². The van der Waals surface area contributed by atoms with E-state index < -0.39 is 5.97 Å². The molecule has 0 aromatic heterocycles. The summed E-state index contributed by atoms with van der Waals surface area (Å²) >= 11 is 0. The van der Waals surface area contributed by atoms with Crippen LogP contribution in [-0.4, -0.2) is 23.8 Å². The second-order valence-electron chi connectivity index (χ2n) is 2.93. The summed E-state index contributed by atoms with van der Waals surface area (Å²) in [6, 6.07) is 0. The molecule has 0 saturated heterocycles. The zero-order valence-corrected chi connectivity index (χ0v) is 8.38. The molecular formula is C10H18O3. The molecule has 0 aliphatic rings. The lowest BCUT2D eigenvalue weighted by Crippen LogP contribution is -2.12. The maximum atomic E-state index is 10.4. The maximum absolute atomic E-state index is 10.4. The molecule has 1 N–H and O–H groups in total. The molecule has 0 aliphatic carbocycles. The van der Waals surface area contributed by atoms with Crippen molar-refractivity contribution in [3.63, 3.8) is 0 Å². The predicted molar refractivity (Wildman–Crippen MR) is 51.7 cm³/mol. The minimum atomic E-state index is -0.911. The van der Waals surface area contributed by atoms with Crippen LogP contribution in [-0.2, 0) is 9.53 Å². The summed E-state index contributed by atoms with van der Waals surface area (Å²) in [4.78, 5) is 10.4. The van der Waals surface area contributed by atoms with Crippen molar-refractivity contribution in [1.29, 1.82) is 0 Å². The Morgan fingerprint density at radius 3 is 2.54 bits per heavy atom. The van der Waals surface area contributed by atoms with E-state index in [1.54, 1.807) is 0 Å². The summed E-state index contributed by atoms with van der Waals surface area (Å²) in [6.45, 7) is 8.11. The molecule has 0 aromatic rings. The first kappa shape index (κ1) is 12.2. The minimum Gasteiger partial charge on any atom is -0.478 e. The fourth-order valence-corrected chi connectivity index (χ4v) is 1.08. The van der Waals surface area contributed by atoms with Crippen molar-refractivity contribution in [2.45, 2.75) is 39.2 Å². The Balaban J connectivity index is 3.71. The second-order valence-corrected chi connectivity index (χ2v) is 2.93. The lowest BCUT2D eigenvalue weighted by molar-refractivity contribution is -0.132. The molecular weight excluding hydrogens is 168 g/mol. The van der Waals surface area contributed by atoms with E-state index in [1.165, 1.54) is 0 Å². The Morgan fingerprint density at radius 1 is 1.54 bits per heavy atom. The first-order valence-corrected chi connectivity index (χ1v) is 4.64. The van der Waals surface area contributed by atoms with E-state index in [9.17, 15) is 4.79 Å². The Kier molecular flexibility index (Phi) is 6.24. The summed E-state index contributed by atoms with van der Waals surface area (Å²) in [6.07, 6.45) is 2.34. The Bertz CT molecular complexity index is 175. The summed E-state index contributed by atoms with van der Waals surface area (Å²) in [5.74, 6) is -0.911. The smallest absolute Gasteiger partial charge is 0.330 e. The van der Waals surface area contributed by atoms with Gasteiger partial charge in [-0.2, -0.15) is 0 Å². The number of carboxylic acid groups (broad SMARTS) is 1. The van der Waals surface area contributed by atoms with Gasteiger partial charge in [-0.3, -0.25) is 0 Å². The molecule has 0 aliphatic heterocycles. The fourth-order valence-electron chi connectivity index (χ4n) is 1.08. The average Bonchev–Trinajstić information content (AvgIpc) is 2.11. The molecule has 13 heavy (non-hydrogen) atoms. The van der Waals surface area contributed by atoms with Crippen LogP contribution in [0.25, 0.3) is 0 Å². The third kappa shape index (κ3) is 5.42. The zero-order valence-electron chi connectivity index (χ0n) is 8.38. The van der Waals surface area contributed by atoms with E-state index in [1.807, 2.05) is 13.8 Å². The summed E-state index contributed by atoms with van der Waals surface area (Å²) in [7, 11) is 0. The molecule has 3 nitrogen and oxygen atoms in total. The van der Waals surface area contributed by atoms with Crippen LogP contribution in [0.3, 0.4) is 0 Å².